The minimum absolute atomic E-state index is 0.0137. The number of hydrogen-bond donors (Lipinski definition) is 2. The van der Waals surface area contributed by atoms with Crippen molar-refractivity contribution >= 4 is 40.9 Å². The Labute approximate surface area is 150 Å². The van der Waals surface area contributed by atoms with Crippen LogP contribution in [0.1, 0.15) is 11.1 Å². The van der Waals surface area contributed by atoms with Crippen LogP contribution in [0.25, 0.3) is 0 Å². The van der Waals surface area contributed by atoms with Crippen LogP contribution in [-0.4, -0.2) is 23.3 Å². The SMILES string of the molecule is O=C(CSCc1ccc(Cl)cc1Cl)NCCc1cccc(O)c1. The highest BCUT2D eigenvalue weighted by molar-refractivity contribution is 7.99. The molecular formula is C17H17Cl2NO2S. The Kier molecular flexibility index (Phi) is 7.09. The van der Waals surface area contributed by atoms with Crippen molar-refractivity contribution in [1.29, 1.82) is 0 Å². The smallest absolute Gasteiger partial charge is 0.230 e. The summed E-state index contributed by atoms with van der Waals surface area (Å²) in [5.74, 6) is 1.26. The Morgan fingerprint density at radius 2 is 2.00 bits per heavy atom. The molecule has 0 saturated carbocycles. The maximum absolute atomic E-state index is 11.8. The van der Waals surface area contributed by atoms with E-state index in [2.05, 4.69) is 5.32 Å². The van der Waals surface area contributed by atoms with Crippen LogP contribution in [0.5, 0.6) is 5.75 Å². The van der Waals surface area contributed by atoms with Gasteiger partial charge in [-0.1, -0.05) is 41.4 Å². The number of rotatable bonds is 7. The second kappa shape index (κ2) is 9.06. The molecule has 0 aliphatic carbocycles. The quantitative estimate of drug-likeness (QED) is 0.765. The lowest BCUT2D eigenvalue weighted by molar-refractivity contribution is -0.118. The van der Waals surface area contributed by atoms with Gasteiger partial charge < -0.3 is 10.4 Å². The number of benzene rings is 2. The maximum Gasteiger partial charge on any atom is 0.230 e. The molecule has 0 aliphatic heterocycles. The molecular weight excluding hydrogens is 353 g/mol. The molecule has 6 heteroatoms. The van der Waals surface area contributed by atoms with Gasteiger partial charge in [0.25, 0.3) is 0 Å². The van der Waals surface area contributed by atoms with Crippen molar-refractivity contribution in [3.8, 4) is 5.75 Å². The highest BCUT2D eigenvalue weighted by atomic mass is 35.5. The van der Waals surface area contributed by atoms with E-state index in [1.165, 1.54) is 11.8 Å². The number of hydrogen-bond acceptors (Lipinski definition) is 3. The van der Waals surface area contributed by atoms with Crippen molar-refractivity contribution in [2.45, 2.75) is 12.2 Å². The first-order valence-corrected chi connectivity index (χ1v) is 9.02. The van der Waals surface area contributed by atoms with Crippen LogP contribution in [0.4, 0.5) is 0 Å². The molecule has 2 rings (SSSR count). The third-order valence-electron chi connectivity index (χ3n) is 3.15. The second-order valence-corrected chi connectivity index (χ2v) is 6.83. The number of halogens is 2. The number of amides is 1. The average Bonchev–Trinajstić information content (AvgIpc) is 2.49. The monoisotopic (exact) mass is 369 g/mol. The summed E-state index contributed by atoms with van der Waals surface area (Å²) in [4.78, 5) is 11.8. The first-order chi connectivity index (χ1) is 11.0. The zero-order valence-electron chi connectivity index (χ0n) is 12.4. The summed E-state index contributed by atoms with van der Waals surface area (Å²) in [6.45, 7) is 0.546. The number of carbonyl (C=O) groups excluding carboxylic acids is 1. The molecule has 0 unspecified atom stereocenters. The number of phenolic OH excluding ortho intramolecular Hbond substituents is 1. The van der Waals surface area contributed by atoms with Crippen LogP contribution in [0.3, 0.4) is 0 Å². The number of carbonyl (C=O) groups is 1. The molecule has 0 saturated heterocycles. The Balaban J connectivity index is 1.67. The van der Waals surface area contributed by atoms with Gasteiger partial charge in [-0.3, -0.25) is 4.79 Å². The molecule has 0 aromatic heterocycles. The summed E-state index contributed by atoms with van der Waals surface area (Å²) < 4.78 is 0. The van der Waals surface area contributed by atoms with E-state index < -0.39 is 0 Å². The molecule has 0 bridgehead atoms. The van der Waals surface area contributed by atoms with Gasteiger partial charge in [0.1, 0.15) is 5.75 Å². The van der Waals surface area contributed by atoms with Crippen molar-refractivity contribution in [3.63, 3.8) is 0 Å². The summed E-state index contributed by atoms with van der Waals surface area (Å²) in [6.07, 6.45) is 0.688. The summed E-state index contributed by atoms with van der Waals surface area (Å²) in [5.41, 5.74) is 1.96. The molecule has 0 atom stereocenters. The lowest BCUT2D eigenvalue weighted by Gasteiger charge is -2.07. The number of thioether (sulfide) groups is 1. The first-order valence-electron chi connectivity index (χ1n) is 7.11. The molecule has 2 aromatic carbocycles. The Morgan fingerprint density at radius 1 is 1.17 bits per heavy atom. The molecule has 0 aliphatic rings. The van der Waals surface area contributed by atoms with Gasteiger partial charge in [-0.25, -0.2) is 0 Å². The van der Waals surface area contributed by atoms with E-state index in [1.54, 1.807) is 30.3 Å². The fourth-order valence-electron chi connectivity index (χ4n) is 2.00. The van der Waals surface area contributed by atoms with Gasteiger partial charge in [0.05, 0.1) is 5.75 Å². The van der Waals surface area contributed by atoms with E-state index in [4.69, 9.17) is 23.2 Å². The third-order valence-corrected chi connectivity index (χ3v) is 4.72. The molecule has 1 amide bonds. The van der Waals surface area contributed by atoms with Gasteiger partial charge in [-0.2, -0.15) is 0 Å². The number of phenols is 1. The van der Waals surface area contributed by atoms with Gasteiger partial charge in [-0.05, 0) is 41.8 Å². The lowest BCUT2D eigenvalue weighted by Crippen LogP contribution is -2.27. The van der Waals surface area contributed by atoms with E-state index in [-0.39, 0.29) is 11.7 Å². The fourth-order valence-corrected chi connectivity index (χ4v) is 3.42. The van der Waals surface area contributed by atoms with E-state index in [0.29, 0.717) is 34.5 Å². The van der Waals surface area contributed by atoms with Crippen molar-refractivity contribution < 1.29 is 9.90 Å². The van der Waals surface area contributed by atoms with E-state index in [9.17, 15) is 9.90 Å². The number of aromatic hydroxyl groups is 1. The second-order valence-electron chi connectivity index (χ2n) is 5.00. The molecule has 122 valence electrons. The van der Waals surface area contributed by atoms with Gasteiger partial charge in [0, 0.05) is 22.3 Å². The van der Waals surface area contributed by atoms with Crippen LogP contribution < -0.4 is 5.32 Å². The number of nitrogens with one attached hydrogen (secondary N) is 1. The minimum Gasteiger partial charge on any atom is -0.508 e. The molecule has 2 N–H and O–H groups in total. The lowest BCUT2D eigenvalue weighted by atomic mass is 10.1. The van der Waals surface area contributed by atoms with Crippen LogP contribution in [-0.2, 0) is 17.0 Å². The van der Waals surface area contributed by atoms with Crippen LogP contribution in [0, 0.1) is 0 Å². The zero-order chi connectivity index (χ0) is 16.7. The summed E-state index contributed by atoms with van der Waals surface area (Å²) in [7, 11) is 0. The highest BCUT2D eigenvalue weighted by Crippen LogP contribution is 2.24. The Bertz CT molecular complexity index is 679. The topological polar surface area (TPSA) is 49.3 Å². The Morgan fingerprint density at radius 3 is 2.74 bits per heavy atom. The summed E-state index contributed by atoms with van der Waals surface area (Å²) >= 11 is 13.4. The fraction of sp³-hybridized carbons (Fsp3) is 0.235. The minimum atomic E-state index is -0.0137. The zero-order valence-corrected chi connectivity index (χ0v) is 14.7. The average molecular weight is 370 g/mol. The van der Waals surface area contributed by atoms with Crippen molar-refractivity contribution in [2.75, 3.05) is 12.3 Å². The predicted octanol–water partition coefficient (Wildman–Crippen LogP) is 4.29. The molecule has 2 aromatic rings. The standard InChI is InChI=1S/C17H17Cl2NO2S/c18-14-5-4-13(16(19)9-14)10-23-11-17(22)20-7-6-12-2-1-3-15(21)8-12/h1-5,8-9,21H,6-7,10-11H2,(H,20,22). The van der Waals surface area contributed by atoms with Crippen LogP contribution in [0.2, 0.25) is 10.0 Å². The van der Waals surface area contributed by atoms with Gasteiger partial charge in [0.15, 0.2) is 0 Å². The van der Waals surface area contributed by atoms with Crippen LogP contribution in [0.15, 0.2) is 42.5 Å². The maximum atomic E-state index is 11.8. The molecule has 0 spiro atoms. The van der Waals surface area contributed by atoms with Crippen LogP contribution >= 0.6 is 35.0 Å². The molecule has 3 nitrogen and oxygen atoms in total. The predicted molar refractivity (Wildman–Crippen MR) is 97.4 cm³/mol. The molecule has 0 fully saturated rings. The van der Waals surface area contributed by atoms with Crippen molar-refractivity contribution in [3.05, 3.63) is 63.6 Å². The van der Waals surface area contributed by atoms with Gasteiger partial charge in [0.2, 0.25) is 5.91 Å². The van der Waals surface area contributed by atoms with Gasteiger partial charge >= 0.3 is 0 Å². The summed E-state index contributed by atoms with van der Waals surface area (Å²) in [6, 6.07) is 12.4. The van der Waals surface area contributed by atoms with E-state index >= 15 is 0 Å². The van der Waals surface area contributed by atoms with Crippen molar-refractivity contribution in [2.24, 2.45) is 0 Å². The van der Waals surface area contributed by atoms with E-state index in [0.717, 1.165) is 11.1 Å². The normalized spacial score (nSPS) is 10.5. The first kappa shape index (κ1) is 18.0. The Hall–Kier alpha value is -1.36. The third kappa shape index (κ3) is 6.34. The molecule has 0 heterocycles. The molecule has 23 heavy (non-hydrogen) atoms. The highest BCUT2D eigenvalue weighted by Gasteiger charge is 2.05. The van der Waals surface area contributed by atoms with E-state index in [1.807, 2.05) is 12.1 Å². The van der Waals surface area contributed by atoms with Gasteiger partial charge in [-0.15, -0.1) is 11.8 Å². The van der Waals surface area contributed by atoms with Crippen molar-refractivity contribution in [1.82, 2.24) is 5.32 Å². The summed E-state index contributed by atoms with van der Waals surface area (Å²) in [5, 5.41) is 13.5. The molecule has 0 radical (unpaired) electrons. The largest absolute Gasteiger partial charge is 0.508 e.